The molecule has 1 heterocycles. The van der Waals surface area contributed by atoms with Gasteiger partial charge in [0.05, 0.1) is 4.90 Å². The predicted octanol–water partition coefficient (Wildman–Crippen LogP) is 1.55. The lowest BCUT2D eigenvalue weighted by Gasteiger charge is -2.30. The first-order valence-corrected chi connectivity index (χ1v) is 7.79. The molecule has 1 saturated heterocycles. The topological polar surface area (TPSA) is 63.4 Å². The molecule has 1 fully saturated rings. The highest BCUT2D eigenvalue weighted by atomic mass is 32.2. The first-order valence-electron chi connectivity index (χ1n) is 6.35. The molecule has 2 N–H and O–H groups in total. The summed E-state index contributed by atoms with van der Waals surface area (Å²) < 4.78 is 40.0. The van der Waals surface area contributed by atoms with E-state index in [0.717, 1.165) is 12.8 Å². The van der Waals surface area contributed by atoms with Crippen LogP contribution >= 0.6 is 0 Å². The van der Waals surface area contributed by atoms with Crippen molar-refractivity contribution in [1.82, 2.24) is 4.31 Å². The van der Waals surface area contributed by atoms with Crippen molar-refractivity contribution in [2.24, 2.45) is 5.73 Å². The number of rotatable bonds is 2. The minimum atomic E-state index is -3.59. The molecule has 0 spiro atoms. The van der Waals surface area contributed by atoms with Gasteiger partial charge >= 0.3 is 0 Å². The smallest absolute Gasteiger partial charge is 0.243 e. The Kier molecular flexibility index (Phi) is 3.94. The lowest BCUT2D eigenvalue weighted by Crippen LogP contribution is -2.45. The van der Waals surface area contributed by atoms with Gasteiger partial charge < -0.3 is 5.73 Å². The summed E-state index contributed by atoms with van der Waals surface area (Å²) in [5.74, 6) is -0.413. The van der Waals surface area contributed by atoms with Crippen LogP contribution in [0.4, 0.5) is 4.39 Å². The van der Waals surface area contributed by atoms with Crippen LogP contribution in [0.15, 0.2) is 17.0 Å². The molecule has 1 atom stereocenters. The number of hydrogen-bond acceptors (Lipinski definition) is 3. The van der Waals surface area contributed by atoms with E-state index in [-0.39, 0.29) is 10.9 Å². The minimum Gasteiger partial charge on any atom is -0.327 e. The predicted molar refractivity (Wildman–Crippen MR) is 71.8 cm³/mol. The first-order chi connectivity index (χ1) is 8.82. The number of sulfonamides is 1. The second kappa shape index (κ2) is 5.19. The summed E-state index contributed by atoms with van der Waals surface area (Å²) in [4.78, 5) is 0.211. The van der Waals surface area contributed by atoms with E-state index >= 15 is 0 Å². The average Bonchev–Trinajstić information content (AvgIpc) is 2.26. The molecule has 2 rings (SSSR count). The van der Waals surface area contributed by atoms with Gasteiger partial charge in [-0.3, -0.25) is 0 Å². The van der Waals surface area contributed by atoms with Crippen molar-refractivity contribution in [3.63, 3.8) is 0 Å². The molecule has 0 saturated carbocycles. The molecular weight excluding hydrogens is 267 g/mol. The standard InChI is InChI=1S/C13H19FN2O2S/c1-9-6-11(14)7-10(2)13(9)19(17,18)16-5-3-4-12(15)8-16/h6-7,12H,3-5,8,15H2,1-2H3/t12-/m1/s1. The van der Waals surface area contributed by atoms with E-state index in [0.29, 0.717) is 24.2 Å². The molecular formula is C13H19FN2O2S. The monoisotopic (exact) mass is 286 g/mol. The summed E-state index contributed by atoms with van der Waals surface area (Å²) >= 11 is 0. The van der Waals surface area contributed by atoms with Gasteiger partial charge in [0.25, 0.3) is 0 Å². The van der Waals surface area contributed by atoms with Crippen LogP contribution in [0.1, 0.15) is 24.0 Å². The zero-order valence-electron chi connectivity index (χ0n) is 11.2. The number of benzene rings is 1. The van der Waals surface area contributed by atoms with Gasteiger partial charge in [-0.1, -0.05) is 0 Å². The van der Waals surface area contributed by atoms with E-state index < -0.39 is 15.8 Å². The van der Waals surface area contributed by atoms with Gasteiger partial charge in [0.15, 0.2) is 0 Å². The van der Waals surface area contributed by atoms with Gasteiger partial charge in [-0.15, -0.1) is 0 Å². The molecule has 0 amide bonds. The number of nitrogens with zero attached hydrogens (tertiary/aromatic N) is 1. The Bertz CT molecular complexity index is 563. The van der Waals surface area contributed by atoms with Gasteiger partial charge in [-0.2, -0.15) is 4.31 Å². The Morgan fingerprint density at radius 3 is 2.42 bits per heavy atom. The van der Waals surface area contributed by atoms with Crippen LogP contribution in [0.25, 0.3) is 0 Å². The largest absolute Gasteiger partial charge is 0.327 e. The molecule has 1 aromatic carbocycles. The summed E-state index contributed by atoms with van der Waals surface area (Å²) in [6, 6.07) is 2.39. The Hall–Kier alpha value is -0.980. The highest BCUT2D eigenvalue weighted by molar-refractivity contribution is 7.89. The van der Waals surface area contributed by atoms with Crippen molar-refractivity contribution in [2.45, 2.75) is 37.6 Å². The fourth-order valence-corrected chi connectivity index (χ4v) is 4.57. The number of hydrogen-bond donors (Lipinski definition) is 1. The van der Waals surface area contributed by atoms with Gasteiger partial charge in [-0.05, 0) is 49.9 Å². The van der Waals surface area contributed by atoms with Gasteiger partial charge in [0, 0.05) is 19.1 Å². The fraction of sp³-hybridized carbons (Fsp3) is 0.538. The summed E-state index contributed by atoms with van der Waals surface area (Å²) in [5, 5.41) is 0. The van der Waals surface area contributed by atoms with Crippen molar-refractivity contribution in [3.8, 4) is 0 Å². The highest BCUT2D eigenvalue weighted by Crippen LogP contribution is 2.26. The molecule has 6 heteroatoms. The Morgan fingerprint density at radius 1 is 1.32 bits per heavy atom. The van der Waals surface area contributed by atoms with Crippen LogP contribution in [0.3, 0.4) is 0 Å². The van der Waals surface area contributed by atoms with E-state index in [1.54, 1.807) is 13.8 Å². The SMILES string of the molecule is Cc1cc(F)cc(C)c1S(=O)(=O)N1CCC[C@@H](N)C1. The third-order valence-corrected chi connectivity index (χ3v) is 5.61. The van der Waals surface area contributed by atoms with Crippen LogP contribution in [-0.2, 0) is 10.0 Å². The van der Waals surface area contributed by atoms with Gasteiger partial charge in [-0.25, -0.2) is 12.8 Å². The fourth-order valence-electron chi connectivity index (χ4n) is 2.63. The summed E-state index contributed by atoms with van der Waals surface area (Å²) in [5.41, 5.74) is 6.72. The molecule has 0 aliphatic carbocycles. The zero-order chi connectivity index (χ0) is 14.2. The zero-order valence-corrected chi connectivity index (χ0v) is 12.0. The number of aryl methyl sites for hydroxylation is 2. The molecule has 1 aromatic rings. The van der Waals surface area contributed by atoms with Crippen molar-refractivity contribution in [3.05, 3.63) is 29.1 Å². The van der Waals surface area contributed by atoms with E-state index in [9.17, 15) is 12.8 Å². The molecule has 106 valence electrons. The van der Waals surface area contributed by atoms with Crippen LogP contribution in [0.5, 0.6) is 0 Å². The lowest BCUT2D eigenvalue weighted by atomic mass is 10.1. The van der Waals surface area contributed by atoms with Crippen LogP contribution in [-0.4, -0.2) is 31.9 Å². The van der Waals surface area contributed by atoms with E-state index in [1.807, 2.05) is 0 Å². The normalized spacial score (nSPS) is 21.6. The maximum atomic E-state index is 13.3. The quantitative estimate of drug-likeness (QED) is 0.897. The van der Waals surface area contributed by atoms with Crippen LogP contribution in [0.2, 0.25) is 0 Å². The van der Waals surface area contributed by atoms with Crippen molar-refractivity contribution in [2.75, 3.05) is 13.1 Å². The molecule has 1 aliphatic rings. The van der Waals surface area contributed by atoms with Crippen molar-refractivity contribution >= 4 is 10.0 Å². The Morgan fingerprint density at radius 2 is 1.89 bits per heavy atom. The molecule has 0 radical (unpaired) electrons. The van der Waals surface area contributed by atoms with Gasteiger partial charge in [0.1, 0.15) is 5.82 Å². The number of nitrogens with two attached hydrogens (primary N) is 1. The molecule has 19 heavy (non-hydrogen) atoms. The van der Waals surface area contributed by atoms with E-state index in [1.165, 1.54) is 16.4 Å². The molecule has 0 aromatic heterocycles. The molecule has 4 nitrogen and oxygen atoms in total. The Labute approximate surface area is 113 Å². The second-order valence-corrected chi connectivity index (χ2v) is 7.01. The van der Waals surface area contributed by atoms with Gasteiger partial charge in [0.2, 0.25) is 10.0 Å². The summed E-state index contributed by atoms with van der Waals surface area (Å²) in [7, 11) is -3.59. The molecule has 0 bridgehead atoms. The van der Waals surface area contributed by atoms with Crippen molar-refractivity contribution in [1.29, 1.82) is 0 Å². The summed E-state index contributed by atoms with van der Waals surface area (Å²) in [6.45, 7) is 4.05. The maximum Gasteiger partial charge on any atom is 0.243 e. The van der Waals surface area contributed by atoms with Crippen LogP contribution < -0.4 is 5.73 Å². The first kappa shape index (κ1) is 14.4. The minimum absolute atomic E-state index is 0.121. The lowest BCUT2D eigenvalue weighted by molar-refractivity contribution is 0.316. The highest BCUT2D eigenvalue weighted by Gasteiger charge is 2.31. The third kappa shape index (κ3) is 2.80. The molecule has 0 unspecified atom stereocenters. The summed E-state index contributed by atoms with van der Waals surface area (Å²) in [6.07, 6.45) is 1.60. The second-order valence-electron chi connectivity index (χ2n) is 5.13. The van der Waals surface area contributed by atoms with E-state index in [4.69, 9.17) is 5.73 Å². The Balaban J connectivity index is 2.45. The van der Waals surface area contributed by atoms with Crippen molar-refractivity contribution < 1.29 is 12.8 Å². The molecule has 1 aliphatic heterocycles. The maximum absolute atomic E-state index is 13.3. The van der Waals surface area contributed by atoms with Crippen LogP contribution in [0, 0.1) is 19.7 Å². The third-order valence-electron chi connectivity index (χ3n) is 3.44. The number of halogens is 1. The average molecular weight is 286 g/mol. The number of piperidine rings is 1. The van der Waals surface area contributed by atoms with E-state index in [2.05, 4.69) is 0 Å².